The van der Waals surface area contributed by atoms with Gasteiger partial charge in [-0.05, 0) is 19.1 Å². The van der Waals surface area contributed by atoms with Crippen LogP contribution in [-0.4, -0.2) is 30.7 Å². The number of rotatable bonds is 1. The van der Waals surface area contributed by atoms with Crippen molar-refractivity contribution in [2.45, 2.75) is 6.92 Å². The van der Waals surface area contributed by atoms with Crippen LogP contribution < -0.4 is 39.7 Å². The first-order valence-electron chi connectivity index (χ1n) is 5.54. The maximum absolute atomic E-state index is 12.1. The van der Waals surface area contributed by atoms with E-state index >= 15 is 0 Å². The van der Waals surface area contributed by atoms with Crippen LogP contribution in [0.5, 0.6) is 0 Å². The molecule has 1 aromatic carbocycles. The maximum Gasteiger partial charge on any atom is 1.00 e. The second-order valence-corrected chi connectivity index (χ2v) is 4.30. The summed E-state index contributed by atoms with van der Waals surface area (Å²) in [5.41, 5.74) is 1.84. The zero-order chi connectivity index (χ0) is 13.3. The van der Waals surface area contributed by atoms with Gasteiger partial charge >= 0.3 is 29.6 Å². The number of carbonyl (C=O) groups is 1. The maximum atomic E-state index is 12.1. The van der Waals surface area contributed by atoms with Crippen molar-refractivity contribution in [3.8, 4) is 0 Å². The minimum absolute atomic E-state index is 0. The van der Waals surface area contributed by atoms with Gasteiger partial charge in [0, 0.05) is 14.1 Å². The molecule has 0 fully saturated rings. The van der Waals surface area contributed by atoms with Gasteiger partial charge in [0.05, 0.1) is 11.3 Å². The van der Waals surface area contributed by atoms with Crippen LogP contribution in [0.15, 0.2) is 41.2 Å². The third kappa shape index (κ3) is 3.00. The minimum atomic E-state index is -0.391. The molecule has 0 saturated heterocycles. The summed E-state index contributed by atoms with van der Waals surface area (Å²) in [6.45, 7) is 1.97. The van der Waals surface area contributed by atoms with E-state index in [9.17, 15) is 9.90 Å². The number of hydrogen-bond acceptors (Lipinski definition) is 4. The molecule has 0 saturated carbocycles. The van der Waals surface area contributed by atoms with E-state index in [-0.39, 0.29) is 35.1 Å². The van der Waals surface area contributed by atoms with Crippen LogP contribution in [0.3, 0.4) is 0 Å². The normalized spacial score (nSPS) is 16.4. The molecule has 6 heteroatoms. The molecule has 0 atom stereocenters. The van der Waals surface area contributed by atoms with Gasteiger partial charge in [-0.3, -0.25) is 4.79 Å². The number of nitrogens with zero attached hydrogens (tertiary/aromatic N) is 3. The molecule has 0 N–H and O–H groups in total. The van der Waals surface area contributed by atoms with E-state index in [0.717, 1.165) is 5.56 Å². The Labute approximate surface area is 134 Å². The summed E-state index contributed by atoms with van der Waals surface area (Å²) in [5.74, 6) is -0.00636. The molecule has 0 spiro atoms. The molecule has 5 nitrogen and oxygen atoms in total. The third-order valence-electron chi connectivity index (χ3n) is 2.68. The molecule has 1 aliphatic rings. The van der Waals surface area contributed by atoms with Crippen molar-refractivity contribution in [2.75, 3.05) is 19.1 Å². The Morgan fingerprint density at radius 3 is 2.26 bits per heavy atom. The average molecular weight is 267 g/mol. The van der Waals surface area contributed by atoms with Gasteiger partial charge in [-0.15, -0.1) is 11.4 Å². The number of amides is 1. The standard InChI is InChI=1S/C13H15N3O2.Na/c1-9-4-6-10(7-5-9)16-13(18)11(8-17)12(14-16)15(2)3;/h4-8,17H,1-3H3;/q;+1/p-1/b11-8-;. The largest absolute Gasteiger partial charge is 1.00 e. The second kappa shape index (κ2) is 6.23. The van der Waals surface area contributed by atoms with Crippen molar-refractivity contribution in [3.05, 3.63) is 41.7 Å². The molecular formula is C13H14N3NaO2. The van der Waals surface area contributed by atoms with E-state index in [4.69, 9.17) is 0 Å². The molecular weight excluding hydrogens is 253 g/mol. The first-order chi connectivity index (χ1) is 8.54. The molecule has 1 aromatic rings. The minimum Gasteiger partial charge on any atom is -0.877 e. The van der Waals surface area contributed by atoms with Gasteiger partial charge in [-0.25, -0.2) is 0 Å². The summed E-state index contributed by atoms with van der Waals surface area (Å²) in [7, 11) is 3.49. The molecule has 2 rings (SSSR count). The van der Waals surface area contributed by atoms with Crippen LogP contribution in [0, 0.1) is 6.92 Å². The number of hydrazone groups is 1. The Morgan fingerprint density at radius 1 is 1.26 bits per heavy atom. The number of benzene rings is 1. The van der Waals surface area contributed by atoms with Gasteiger partial charge in [0.15, 0.2) is 5.84 Å². The fourth-order valence-corrected chi connectivity index (χ4v) is 1.70. The number of carbonyl (C=O) groups excluding carboxylic acids is 1. The van der Waals surface area contributed by atoms with Crippen molar-refractivity contribution >= 4 is 17.4 Å². The van der Waals surface area contributed by atoms with Crippen LogP contribution >= 0.6 is 0 Å². The monoisotopic (exact) mass is 267 g/mol. The Balaban J connectivity index is 0.00000180. The van der Waals surface area contributed by atoms with Crippen molar-refractivity contribution in [3.63, 3.8) is 0 Å². The molecule has 0 radical (unpaired) electrons. The van der Waals surface area contributed by atoms with Crippen LogP contribution in [0.2, 0.25) is 0 Å². The molecule has 1 amide bonds. The molecule has 0 aliphatic carbocycles. The summed E-state index contributed by atoms with van der Waals surface area (Å²) in [5, 5.41) is 16.4. The molecule has 1 aliphatic heterocycles. The van der Waals surface area contributed by atoms with E-state index in [2.05, 4.69) is 5.10 Å². The number of aryl methyl sites for hydroxylation is 1. The Bertz CT molecular complexity index is 535. The van der Waals surface area contributed by atoms with E-state index in [0.29, 0.717) is 17.8 Å². The summed E-state index contributed by atoms with van der Waals surface area (Å²) in [4.78, 5) is 13.7. The molecule has 1 heterocycles. The second-order valence-electron chi connectivity index (χ2n) is 4.30. The van der Waals surface area contributed by atoms with Gasteiger partial charge in [0.1, 0.15) is 0 Å². The van der Waals surface area contributed by atoms with Crippen molar-refractivity contribution in [1.82, 2.24) is 4.90 Å². The van der Waals surface area contributed by atoms with Gasteiger partial charge < -0.3 is 10.0 Å². The predicted molar refractivity (Wildman–Crippen MR) is 67.9 cm³/mol. The Hall–Kier alpha value is -1.30. The quantitative estimate of drug-likeness (QED) is 0.320. The van der Waals surface area contributed by atoms with Gasteiger partial charge in [-0.1, -0.05) is 17.7 Å². The zero-order valence-electron chi connectivity index (χ0n) is 11.5. The van der Waals surface area contributed by atoms with E-state index < -0.39 is 5.91 Å². The fraction of sp³-hybridized carbons (Fsp3) is 0.231. The molecule has 94 valence electrons. The van der Waals surface area contributed by atoms with Gasteiger partial charge in [-0.2, -0.15) is 5.01 Å². The smallest absolute Gasteiger partial charge is 0.877 e. The first kappa shape index (κ1) is 15.8. The topological polar surface area (TPSA) is 59.0 Å². The number of likely N-dealkylation sites (N-methyl/N-ethyl adjacent to an activating group) is 1. The predicted octanol–water partition coefficient (Wildman–Crippen LogP) is -2.54. The van der Waals surface area contributed by atoms with E-state index in [1.807, 2.05) is 19.1 Å². The van der Waals surface area contributed by atoms with E-state index in [1.54, 1.807) is 31.1 Å². The van der Waals surface area contributed by atoms with Gasteiger partial charge in [0.25, 0.3) is 5.91 Å². The average Bonchev–Trinajstić information content (AvgIpc) is 2.67. The summed E-state index contributed by atoms with van der Waals surface area (Å²) in [6.07, 6.45) is 0.551. The number of amidine groups is 1. The Morgan fingerprint density at radius 2 is 1.84 bits per heavy atom. The van der Waals surface area contributed by atoms with Crippen LogP contribution in [0.4, 0.5) is 5.69 Å². The molecule has 19 heavy (non-hydrogen) atoms. The third-order valence-corrected chi connectivity index (χ3v) is 2.68. The molecule has 0 unspecified atom stereocenters. The fourth-order valence-electron chi connectivity index (χ4n) is 1.70. The summed E-state index contributed by atoms with van der Waals surface area (Å²) < 4.78 is 0. The zero-order valence-corrected chi connectivity index (χ0v) is 13.5. The number of anilines is 1. The SMILES string of the molecule is Cc1ccc(N2N=C(N(C)C)/C(=C/[O-])C2=O)cc1.[Na+]. The van der Waals surface area contributed by atoms with Crippen LogP contribution in [-0.2, 0) is 4.79 Å². The molecule has 0 aromatic heterocycles. The first-order valence-corrected chi connectivity index (χ1v) is 5.54. The van der Waals surface area contributed by atoms with Crippen molar-refractivity contribution < 1.29 is 39.5 Å². The number of hydrogen-bond donors (Lipinski definition) is 0. The van der Waals surface area contributed by atoms with Crippen molar-refractivity contribution in [2.24, 2.45) is 5.10 Å². The van der Waals surface area contributed by atoms with Gasteiger partial charge in [0.2, 0.25) is 0 Å². The van der Waals surface area contributed by atoms with Crippen LogP contribution in [0.1, 0.15) is 5.56 Å². The Kier molecular flexibility index (Phi) is 5.17. The van der Waals surface area contributed by atoms with Crippen molar-refractivity contribution in [1.29, 1.82) is 0 Å². The molecule has 0 bridgehead atoms. The van der Waals surface area contributed by atoms with Crippen LogP contribution in [0.25, 0.3) is 0 Å². The van der Waals surface area contributed by atoms with E-state index in [1.165, 1.54) is 5.01 Å². The summed E-state index contributed by atoms with van der Waals surface area (Å²) >= 11 is 0. The summed E-state index contributed by atoms with van der Waals surface area (Å²) in [6, 6.07) is 7.40.